The van der Waals surface area contributed by atoms with Crippen LogP contribution in [0.15, 0.2) is 22.8 Å². The van der Waals surface area contributed by atoms with Crippen molar-refractivity contribution < 1.29 is 19.0 Å². The molecule has 0 unspecified atom stereocenters. The first-order valence-electron chi connectivity index (χ1n) is 6.22. The quantitative estimate of drug-likeness (QED) is 0.609. The molecule has 2 rings (SSSR count). The van der Waals surface area contributed by atoms with Gasteiger partial charge < -0.3 is 14.8 Å². The second kappa shape index (κ2) is 6.94. The van der Waals surface area contributed by atoms with Crippen LogP contribution >= 0.6 is 11.6 Å². The van der Waals surface area contributed by atoms with E-state index < -0.39 is 4.92 Å². The largest absolute Gasteiger partial charge is 0.475 e. The van der Waals surface area contributed by atoms with E-state index in [9.17, 15) is 10.1 Å². The minimum Gasteiger partial charge on any atom is -0.475 e. The van der Waals surface area contributed by atoms with Crippen molar-refractivity contribution in [3.63, 3.8) is 0 Å². The summed E-state index contributed by atoms with van der Waals surface area (Å²) in [5.74, 6) is 0.234. The standard InChI is InChI=1S/C12H13ClN4O5/c1-7(21-12-11(20-2)15-22-16-12)6-14-9-5-8(13)3-4-10(9)17(18)19/h3-5,7,14H,6H2,1-2H3/t7-/m1/s1. The van der Waals surface area contributed by atoms with Crippen LogP contribution in [0.1, 0.15) is 6.92 Å². The molecule has 1 heterocycles. The van der Waals surface area contributed by atoms with Gasteiger partial charge in [-0.05, 0) is 29.4 Å². The molecule has 0 radical (unpaired) electrons. The number of nitro groups is 1. The van der Waals surface area contributed by atoms with Crippen molar-refractivity contribution in [1.82, 2.24) is 10.3 Å². The number of nitrogens with one attached hydrogen (secondary N) is 1. The van der Waals surface area contributed by atoms with Gasteiger partial charge in [-0.25, -0.2) is 4.63 Å². The van der Waals surface area contributed by atoms with Crippen LogP contribution in [0.3, 0.4) is 0 Å². The minimum absolute atomic E-state index is 0.0720. The topological polar surface area (TPSA) is 113 Å². The molecule has 9 nitrogen and oxygen atoms in total. The van der Waals surface area contributed by atoms with Crippen LogP contribution in [0.25, 0.3) is 0 Å². The number of aromatic nitrogens is 2. The summed E-state index contributed by atoms with van der Waals surface area (Å²) in [5, 5.41) is 21.3. The number of halogens is 1. The molecule has 0 aliphatic rings. The highest BCUT2D eigenvalue weighted by Gasteiger charge is 2.17. The summed E-state index contributed by atoms with van der Waals surface area (Å²) >= 11 is 5.85. The molecule has 1 aromatic heterocycles. The molecule has 22 heavy (non-hydrogen) atoms. The molecular weight excluding hydrogens is 316 g/mol. The highest BCUT2D eigenvalue weighted by atomic mass is 35.5. The molecule has 0 spiro atoms. The Balaban J connectivity index is 2.00. The van der Waals surface area contributed by atoms with Crippen LogP contribution in [0, 0.1) is 10.1 Å². The molecule has 2 aromatic rings. The Morgan fingerprint density at radius 3 is 2.86 bits per heavy atom. The first-order valence-corrected chi connectivity index (χ1v) is 6.60. The van der Waals surface area contributed by atoms with Crippen molar-refractivity contribution in [1.29, 1.82) is 0 Å². The van der Waals surface area contributed by atoms with Gasteiger partial charge in [-0.3, -0.25) is 10.1 Å². The fourth-order valence-electron chi connectivity index (χ4n) is 1.66. The lowest BCUT2D eigenvalue weighted by Gasteiger charge is -2.14. The number of anilines is 1. The highest BCUT2D eigenvalue weighted by Crippen LogP contribution is 2.28. The number of benzene rings is 1. The number of ether oxygens (including phenoxy) is 2. The number of rotatable bonds is 7. The molecule has 0 aliphatic carbocycles. The van der Waals surface area contributed by atoms with Gasteiger partial charge in [0.1, 0.15) is 11.8 Å². The van der Waals surface area contributed by atoms with Gasteiger partial charge in [0.15, 0.2) is 0 Å². The molecule has 0 fully saturated rings. The maximum Gasteiger partial charge on any atom is 0.320 e. The van der Waals surface area contributed by atoms with E-state index in [1.807, 2.05) is 0 Å². The maximum absolute atomic E-state index is 11.0. The lowest BCUT2D eigenvalue weighted by atomic mass is 10.2. The Labute approximate surface area is 130 Å². The summed E-state index contributed by atoms with van der Waals surface area (Å²) in [6, 6.07) is 4.27. The molecule has 0 amide bonds. The number of methoxy groups -OCH3 is 1. The second-order valence-corrected chi connectivity index (χ2v) is 4.74. The molecule has 1 atom stereocenters. The zero-order valence-corrected chi connectivity index (χ0v) is 12.5. The number of nitro benzene ring substituents is 1. The van der Waals surface area contributed by atoms with E-state index in [2.05, 4.69) is 20.3 Å². The average molecular weight is 329 g/mol. The Bertz CT molecular complexity index is 663. The third-order valence-electron chi connectivity index (χ3n) is 2.67. The Kier molecular flexibility index (Phi) is 4.99. The van der Waals surface area contributed by atoms with Gasteiger partial charge in [-0.1, -0.05) is 11.6 Å². The third-order valence-corrected chi connectivity index (χ3v) is 2.91. The van der Waals surface area contributed by atoms with E-state index in [-0.39, 0.29) is 30.1 Å². The highest BCUT2D eigenvalue weighted by molar-refractivity contribution is 6.31. The van der Waals surface area contributed by atoms with E-state index in [0.29, 0.717) is 10.7 Å². The van der Waals surface area contributed by atoms with Crippen molar-refractivity contribution in [2.75, 3.05) is 19.0 Å². The normalized spacial score (nSPS) is 11.8. The molecule has 1 N–H and O–H groups in total. The SMILES string of the molecule is COc1nonc1O[C@H](C)CNc1cc(Cl)ccc1[N+](=O)[O-]. The van der Waals surface area contributed by atoms with Gasteiger partial charge >= 0.3 is 11.8 Å². The number of hydrogen-bond acceptors (Lipinski definition) is 8. The van der Waals surface area contributed by atoms with Gasteiger partial charge in [0, 0.05) is 11.1 Å². The fourth-order valence-corrected chi connectivity index (χ4v) is 1.84. The molecule has 118 valence electrons. The smallest absolute Gasteiger partial charge is 0.320 e. The monoisotopic (exact) mass is 328 g/mol. The summed E-state index contributed by atoms with van der Waals surface area (Å²) in [4.78, 5) is 10.5. The maximum atomic E-state index is 11.0. The van der Waals surface area contributed by atoms with Crippen LogP contribution < -0.4 is 14.8 Å². The van der Waals surface area contributed by atoms with Gasteiger partial charge in [0.05, 0.1) is 18.6 Å². The lowest BCUT2D eigenvalue weighted by molar-refractivity contribution is -0.384. The summed E-state index contributed by atoms with van der Waals surface area (Å²) in [6.07, 6.45) is -0.376. The first-order chi connectivity index (χ1) is 10.5. The van der Waals surface area contributed by atoms with E-state index in [4.69, 9.17) is 21.1 Å². The van der Waals surface area contributed by atoms with Crippen LogP contribution in [0.2, 0.25) is 5.02 Å². The molecule has 0 saturated carbocycles. The summed E-state index contributed by atoms with van der Waals surface area (Å²) in [7, 11) is 1.41. The van der Waals surface area contributed by atoms with Crippen molar-refractivity contribution in [3.05, 3.63) is 33.3 Å². The molecule has 1 aromatic carbocycles. The van der Waals surface area contributed by atoms with Gasteiger partial charge in [0.2, 0.25) is 0 Å². The molecule has 0 aliphatic heterocycles. The van der Waals surface area contributed by atoms with Crippen molar-refractivity contribution in [3.8, 4) is 11.8 Å². The summed E-state index contributed by atoms with van der Waals surface area (Å²) in [5.41, 5.74) is 0.232. The minimum atomic E-state index is -0.491. The Morgan fingerprint density at radius 2 is 2.18 bits per heavy atom. The fraction of sp³-hybridized carbons (Fsp3) is 0.333. The van der Waals surface area contributed by atoms with Gasteiger partial charge in [-0.15, -0.1) is 0 Å². The van der Waals surface area contributed by atoms with Crippen LogP contribution in [0.5, 0.6) is 11.8 Å². The number of nitrogens with zero attached hydrogens (tertiary/aromatic N) is 3. The van der Waals surface area contributed by atoms with Gasteiger partial charge in [-0.2, -0.15) is 0 Å². The van der Waals surface area contributed by atoms with Crippen LogP contribution in [-0.4, -0.2) is 35.0 Å². The van der Waals surface area contributed by atoms with E-state index in [0.717, 1.165) is 0 Å². The molecule has 10 heteroatoms. The van der Waals surface area contributed by atoms with Crippen LogP contribution in [0.4, 0.5) is 11.4 Å². The van der Waals surface area contributed by atoms with Crippen molar-refractivity contribution in [2.24, 2.45) is 0 Å². The third kappa shape index (κ3) is 3.76. The summed E-state index contributed by atoms with van der Waals surface area (Å²) in [6.45, 7) is 2.02. The zero-order valence-electron chi connectivity index (χ0n) is 11.8. The Morgan fingerprint density at radius 1 is 1.45 bits per heavy atom. The van der Waals surface area contributed by atoms with Crippen molar-refractivity contribution >= 4 is 23.0 Å². The van der Waals surface area contributed by atoms with E-state index >= 15 is 0 Å². The van der Waals surface area contributed by atoms with Crippen LogP contribution in [-0.2, 0) is 0 Å². The number of hydrogen-bond donors (Lipinski definition) is 1. The molecule has 0 saturated heterocycles. The lowest BCUT2D eigenvalue weighted by Crippen LogP contribution is -2.23. The summed E-state index contributed by atoms with van der Waals surface area (Å²) < 4.78 is 14.9. The first kappa shape index (κ1) is 15.8. The van der Waals surface area contributed by atoms with Crippen molar-refractivity contribution in [2.45, 2.75) is 13.0 Å². The van der Waals surface area contributed by atoms with Gasteiger partial charge in [0.25, 0.3) is 5.69 Å². The molecular formula is C12H13ClN4O5. The van der Waals surface area contributed by atoms with E-state index in [1.54, 1.807) is 6.92 Å². The van der Waals surface area contributed by atoms with E-state index in [1.165, 1.54) is 25.3 Å². The second-order valence-electron chi connectivity index (χ2n) is 4.31. The predicted octanol–water partition coefficient (Wildman–Crippen LogP) is 2.52. The average Bonchev–Trinajstić information content (AvgIpc) is 2.92. The predicted molar refractivity (Wildman–Crippen MR) is 77.5 cm³/mol. The molecule has 0 bridgehead atoms. The Hall–Kier alpha value is -2.55. The zero-order chi connectivity index (χ0) is 16.1.